The largest absolute Gasteiger partial charge is 0.444 e. The van der Waals surface area contributed by atoms with Crippen LogP contribution in [0.5, 0.6) is 0 Å². The summed E-state index contributed by atoms with van der Waals surface area (Å²) in [5.41, 5.74) is 3.03. The van der Waals surface area contributed by atoms with Crippen molar-refractivity contribution in [3.05, 3.63) is 59.5 Å². The second kappa shape index (κ2) is 15.0. The molecule has 0 bridgehead atoms. The number of nitrogens with zero attached hydrogens (tertiary/aromatic N) is 4. The molecule has 248 valence electrons. The molecule has 0 aliphatic carbocycles. The molecule has 4 heterocycles. The molecule has 2 saturated heterocycles. The zero-order valence-corrected chi connectivity index (χ0v) is 28.0. The van der Waals surface area contributed by atoms with Crippen molar-refractivity contribution in [2.45, 2.75) is 70.6 Å². The number of amides is 1. The summed E-state index contributed by atoms with van der Waals surface area (Å²) >= 11 is 1.47. The summed E-state index contributed by atoms with van der Waals surface area (Å²) in [4.78, 5) is 32.8. The molecule has 0 saturated carbocycles. The van der Waals surface area contributed by atoms with Gasteiger partial charge in [-0.25, -0.2) is 18.6 Å². The molecule has 2 aromatic carbocycles. The van der Waals surface area contributed by atoms with E-state index in [1.165, 1.54) is 17.8 Å². The maximum absolute atomic E-state index is 15.2. The molecule has 46 heavy (non-hydrogen) atoms. The van der Waals surface area contributed by atoms with Gasteiger partial charge in [-0.2, -0.15) is 0 Å². The molecule has 8 nitrogen and oxygen atoms in total. The third-order valence-electron chi connectivity index (χ3n) is 8.56. The molecular formula is C35H45F2N5O3S. The first-order valence-corrected chi connectivity index (χ1v) is 17.0. The lowest BCUT2D eigenvalue weighted by Crippen LogP contribution is -2.41. The number of hydrogen-bond donors (Lipinski definition) is 1. The van der Waals surface area contributed by atoms with Gasteiger partial charge >= 0.3 is 6.09 Å². The van der Waals surface area contributed by atoms with Gasteiger partial charge in [0.25, 0.3) is 0 Å². The topological polar surface area (TPSA) is 79.2 Å². The van der Waals surface area contributed by atoms with Crippen LogP contribution in [0, 0.1) is 5.82 Å². The zero-order valence-electron chi connectivity index (χ0n) is 27.2. The van der Waals surface area contributed by atoms with Crippen LogP contribution in [-0.4, -0.2) is 89.7 Å². The third kappa shape index (κ3) is 8.49. The van der Waals surface area contributed by atoms with E-state index in [2.05, 4.69) is 15.2 Å². The van der Waals surface area contributed by atoms with Gasteiger partial charge in [0.15, 0.2) is 4.96 Å². The summed E-state index contributed by atoms with van der Waals surface area (Å²) in [6.45, 7) is 10.9. The van der Waals surface area contributed by atoms with E-state index in [-0.39, 0.29) is 17.8 Å². The Morgan fingerprint density at radius 1 is 1.09 bits per heavy atom. The smallest absolute Gasteiger partial charge is 0.410 e. The second-order valence-electron chi connectivity index (χ2n) is 13.2. The average Bonchev–Trinajstić information content (AvgIpc) is 3.59. The van der Waals surface area contributed by atoms with Crippen molar-refractivity contribution in [3.8, 4) is 11.3 Å². The Morgan fingerprint density at radius 2 is 1.83 bits per heavy atom. The number of aldehydes is 1. The molecule has 2 aliphatic heterocycles. The van der Waals surface area contributed by atoms with Crippen LogP contribution in [0.1, 0.15) is 74.7 Å². The van der Waals surface area contributed by atoms with E-state index in [1.807, 2.05) is 56.6 Å². The number of imidazole rings is 1. The molecule has 11 heteroatoms. The van der Waals surface area contributed by atoms with Gasteiger partial charge in [-0.05, 0) is 115 Å². The maximum Gasteiger partial charge on any atom is 0.410 e. The minimum absolute atomic E-state index is 0.198. The Morgan fingerprint density at radius 3 is 2.48 bits per heavy atom. The number of hydrogen-bond acceptors (Lipinski definition) is 7. The number of halogens is 2. The highest BCUT2D eigenvalue weighted by Crippen LogP contribution is 2.34. The van der Waals surface area contributed by atoms with Crippen LogP contribution in [-0.2, 0) is 4.74 Å². The predicted molar refractivity (Wildman–Crippen MR) is 180 cm³/mol. The quantitative estimate of drug-likeness (QED) is 0.167. The Labute approximate surface area is 273 Å². The number of rotatable bonds is 7. The second-order valence-corrected chi connectivity index (χ2v) is 14.2. The minimum atomic E-state index is -0.537. The molecule has 4 aromatic rings. The van der Waals surface area contributed by atoms with E-state index < -0.39 is 11.8 Å². The van der Waals surface area contributed by atoms with Crippen molar-refractivity contribution >= 4 is 38.9 Å². The van der Waals surface area contributed by atoms with Crippen molar-refractivity contribution < 1.29 is 23.1 Å². The van der Waals surface area contributed by atoms with Crippen LogP contribution in [0.2, 0.25) is 0 Å². The Bertz CT molecular complexity index is 1630. The van der Waals surface area contributed by atoms with E-state index in [4.69, 9.17) is 4.74 Å². The molecule has 1 N–H and O–H groups in total. The fourth-order valence-corrected chi connectivity index (χ4v) is 7.10. The number of likely N-dealkylation sites (tertiary alicyclic amines) is 2. The van der Waals surface area contributed by atoms with Crippen LogP contribution in [0.25, 0.3) is 26.4 Å². The highest BCUT2D eigenvalue weighted by molar-refractivity contribution is 7.23. The van der Waals surface area contributed by atoms with Gasteiger partial charge in [-0.1, -0.05) is 17.4 Å². The zero-order chi connectivity index (χ0) is 32.8. The summed E-state index contributed by atoms with van der Waals surface area (Å²) in [5, 5.41) is 3.12. The highest BCUT2D eigenvalue weighted by atomic mass is 32.1. The van der Waals surface area contributed by atoms with Crippen LogP contribution in [0.4, 0.5) is 13.6 Å². The molecular weight excluding hydrogens is 608 g/mol. The van der Waals surface area contributed by atoms with Gasteiger partial charge in [-0.15, -0.1) is 0 Å². The van der Waals surface area contributed by atoms with E-state index in [0.29, 0.717) is 29.9 Å². The lowest BCUT2D eigenvalue weighted by Gasteiger charge is -2.33. The third-order valence-corrected chi connectivity index (χ3v) is 9.58. The average molecular weight is 654 g/mol. The van der Waals surface area contributed by atoms with Gasteiger partial charge in [-0.3, -0.25) is 9.20 Å². The maximum atomic E-state index is 15.2. The van der Waals surface area contributed by atoms with Crippen molar-refractivity contribution in [1.82, 2.24) is 24.5 Å². The van der Waals surface area contributed by atoms with Crippen molar-refractivity contribution in [2.75, 3.05) is 46.3 Å². The fraction of sp³-hybridized carbons (Fsp3) is 0.514. The molecule has 0 atom stereocenters. The van der Waals surface area contributed by atoms with Crippen LogP contribution >= 0.6 is 11.3 Å². The van der Waals surface area contributed by atoms with Gasteiger partial charge in [0.2, 0.25) is 0 Å². The van der Waals surface area contributed by atoms with Gasteiger partial charge < -0.3 is 19.9 Å². The standard InChI is InChI=1S/C26H26FN3O3S.C9H19FN2/c1-26(2,3)33-25(32)29-10-8-17(9-11-29)18-5-6-19(20(27)13-18)21-14-30-22-7-4-16(15-31)12-23(22)34-24(30)28-21;1-11-5-2-6-12-7-3-9(10)4-8-12/h4-7,12-15,17H,8-11H2,1-3H3;9,11H,2-8H2,1H3. The lowest BCUT2D eigenvalue weighted by molar-refractivity contribution is 0.0204. The van der Waals surface area contributed by atoms with E-state index in [9.17, 15) is 14.0 Å². The molecule has 0 unspecified atom stereocenters. The number of carbonyl (C=O) groups is 2. The number of fused-ring (bicyclic) bond motifs is 3. The van der Waals surface area contributed by atoms with E-state index >= 15 is 4.39 Å². The van der Waals surface area contributed by atoms with Crippen LogP contribution < -0.4 is 5.32 Å². The van der Waals surface area contributed by atoms with Gasteiger partial charge in [0.05, 0.1) is 15.9 Å². The number of ether oxygens (including phenoxy) is 1. The van der Waals surface area contributed by atoms with Gasteiger partial charge in [0.1, 0.15) is 23.9 Å². The Hall–Kier alpha value is -3.41. The molecule has 1 amide bonds. The molecule has 0 radical (unpaired) electrons. The molecule has 2 aliphatic rings. The first kappa shape index (κ1) is 33.9. The van der Waals surface area contributed by atoms with Crippen molar-refractivity contribution in [1.29, 1.82) is 0 Å². The predicted octanol–water partition coefficient (Wildman–Crippen LogP) is 7.31. The summed E-state index contributed by atoms with van der Waals surface area (Å²) in [5.74, 6) is -0.103. The first-order chi connectivity index (χ1) is 22.0. The summed E-state index contributed by atoms with van der Waals surface area (Å²) in [7, 11) is 1.97. The number of nitrogens with one attached hydrogen (secondary N) is 1. The summed E-state index contributed by atoms with van der Waals surface area (Å²) in [6.07, 6.45) is 6.03. The van der Waals surface area contributed by atoms with Gasteiger partial charge in [0, 0.05) is 43.5 Å². The molecule has 0 spiro atoms. The van der Waals surface area contributed by atoms with Crippen molar-refractivity contribution in [3.63, 3.8) is 0 Å². The summed E-state index contributed by atoms with van der Waals surface area (Å²) < 4.78 is 36.2. The molecule has 2 aromatic heterocycles. The SMILES string of the molecule is CC(C)(C)OC(=O)N1CCC(c2ccc(-c3cn4c(n3)sc3cc(C=O)ccc34)c(F)c2)CC1.CNCCCN1CCC(F)CC1. The number of piperidine rings is 2. The number of carbonyl (C=O) groups excluding carboxylic acids is 2. The normalized spacial score (nSPS) is 16.9. The van der Waals surface area contributed by atoms with E-state index in [0.717, 1.165) is 78.9 Å². The monoisotopic (exact) mass is 653 g/mol. The molecule has 2 fully saturated rings. The van der Waals surface area contributed by atoms with Crippen molar-refractivity contribution in [2.24, 2.45) is 0 Å². The Kier molecular flexibility index (Phi) is 11.1. The fourth-order valence-electron chi connectivity index (χ4n) is 6.04. The molecule has 6 rings (SSSR count). The minimum Gasteiger partial charge on any atom is -0.444 e. The van der Waals surface area contributed by atoms with E-state index in [1.54, 1.807) is 23.1 Å². The number of thiazole rings is 1. The number of benzene rings is 2. The summed E-state index contributed by atoms with van der Waals surface area (Å²) in [6, 6.07) is 10.9. The number of aromatic nitrogens is 2. The lowest BCUT2D eigenvalue weighted by atomic mass is 9.89. The Balaban J connectivity index is 0.000000293. The highest BCUT2D eigenvalue weighted by Gasteiger charge is 2.28. The first-order valence-electron chi connectivity index (χ1n) is 16.2. The number of alkyl halides is 1. The van der Waals surface area contributed by atoms with Crippen LogP contribution in [0.3, 0.4) is 0 Å². The van der Waals surface area contributed by atoms with Crippen LogP contribution in [0.15, 0.2) is 42.6 Å².